The summed E-state index contributed by atoms with van der Waals surface area (Å²) in [5.74, 6) is 0.726. The van der Waals surface area contributed by atoms with Gasteiger partial charge in [-0.15, -0.1) is 0 Å². The maximum Gasteiger partial charge on any atom is 0.177 e. The maximum absolute atomic E-state index is 15.1. The summed E-state index contributed by atoms with van der Waals surface area (Å²) in [7, 11) is 0. The van der Waals surface area contributed by atoms with E-state index in [1.807, 2.05) is 42.5 Å². The van der Waals surface area contributed by atoms with Gasteiger partial charge in [0, 0.05) is 17.0 Å². The van der Waals surface area contributed by atoms with E-state index < -0.39 is 0 Å². The summed E-state index contributed by atoms with van der Waals surface area (Å²) >= 11 is 5.97. The molecule has 0 aliphatic heterocycles. The van der Waals surface area contributed by atoms with Crippen LogP contribution in [0.3, 0.4) is 0 Å². The summed E-state index contributed by atoms with van der Waals surface area (Å²) in [6.07, 6.45) is 3.93. The smallest absolute Gasteiger partial charge is 0.177 e. The standard InChI is InChI=1S/C21H20ClFO/c1-2-3-5-10-18-19(15-11-13-17(22)14-12-15)20(23)21(24-18)16-8-6-4-7-9-16/h4,6-9,11-14H,2-3,5,10H2,1H3. The minimum atomic E-state index is -0.296. The van der Waals surface area contributed by atoms with Gasteiger partial charge >= 0.3 is 0 Å². The van der Waals surface area contributed by atoms with E-state index in [1.165, 1.54) is 0 Å². The van der Waals surface area contributed by atoms with Crippen molar-refractivity contribution >= 4 is 11.6 Å². The van der Waals surface area contributed by atoms with E-state index in [0.29, 0.717) is 22.1 Å². The average molecular weight is 343 g/mol. The van der Waals surface area contributed by atoms with Crippen LogP contribution < -0.4 is 0 Å². The highest BCUT2D eigenvalue weighted by Crippen LogP contribution is 2.37. The van der Waals surface area contributed by atoms with Crippen LogP contribution in [-0.2, 0) is 6.42 Å². The molecule has 0 fully saturated rings. The third kappa shape index (κ3) is 3.54. The van der Waals surface area contributed by atoms with Crippen LogP contribution in [0.4, 0.5) is 4.39 Å². The van der Waals surface area contributed by atoms with Crippen molar-refractivity contribution in [3.05, 3.63) is 71.2 Å². The van der Waals surface area contributed by atoms with Gasteiger partial charge in [0.15, 0.2) is 11.6 Å². The topological polar surface area (TPSA) is 13.1 Å². The number of halogens is 2. The van der Waals surface area contributed by atoms with Crippen molar-refractivity contribution in [2.24, 2.45) is 0 Å². The number of hydrogen-bond acceptors (Lipinski definition) is 1. The van der Waals surface area contributed by atoms with Crippen LogP contribution in [0.5, 0.6) is 0 Å². The Bertz CT molecular complexity index is 791. The first kappa shape index (κ1) is 16.8. The number of benzene rings is 2. The molecule has 1 aromatic heterocycles. The molecule has 1 heterocycles. The fourth-order valence-corrected chi connectivity index (χ4v) is 2.97. The summed E-state index contributed by atoms with van der Waals surface area (Å²) in [6.45, 7) is 2.15. The monoisotopic (exact) mass is 342 g/mol. The molecule has 3 heteroatoms. The van der Waals surface area contributed by atoms with Crippen LogP contribution in [0, 0.1) is 5.82 Å². The Morgan fingerprint density at radius 1 is 0.917 bits per heavy atom. The number of aryl methyl sites for hydroxylation is 1. The maximum atomic E-state index is 15.1. The molecule has 0 bridgehead atoms. The van der Waals surface area contributed by atoms with Crippen molar-refractivity contribution < 1.29 is 8.81 Å². The highest BCUT2D eigenvalue weighted by atomic mass is 35.5. The minimum absolute atomic E-state index is 0.296. The van der Waals surface area contributed by atoms with Crippen molar-refractivity contribution in [1.82, 2.24) is 0 Å². The summed E-state index contributed by atoms with van der Waals surface area (Å²) in [5, 5.41) is 0.637. The van der Waals surface area contributed by atoms with E-state index in [9.17, 15) is 0 Å². The largest absolute Gasteiger partial charge is 0.457 e. The predicted molar refractivity (Wildman–Crippen MR) is 97.8 cm³/mol. The Hall–Kier alpha value is -2.06. The zero-order valence-corrected chi connectivity index (χ0v) is 14.4. The number of furan rings is 1. The van der Waals surface area contributed by atoms with Crippen molar-refractivity contribution in [3.63, 3.8) is 0 Å². The van der Waals surface area contributed by atoms with E-state index >= 15 is 4.39 Å². The van der Waals surface area contributed by atoms with E-state index in [2.05, 4.69) is 6.92 Å². The molecular formula is C21H20ClFO. The fourth-order valence-electron chi connectivity index (χ4n) is 2.85. The lowest BCUT2D eigenvalue weighted by molar-refractivity contribution is 0.498. The number of unbranched alkanes of at least 4 members (excludes halogenated alkanes) is 2. The molecule has 0 saturated carbocycles. The van der Waals surface area contributed by atoms with Gasteiger partial charge in [0.05, 0.1) is 5.56 Å². The molecule has 3 aromatic rings. The third-order valence-corrected chi connectivity index (χ3v) is 4.35. The van der Waals surface area contributed by atoms with Gasteiger partial charge in [-0.3, -0.25) is 0 Å². The molecule has 2 aromatic carbocycles. The quantitative estimate of drug-likeness (QED) is 0.434. The molecule has 0 aliphatic rings. The van der Waals surface area contributed by atoms with Gasteiger partial charge in [0.2, 0.25) is 0 Å². The summed E-state index contributed by atoms with van der Waals surface area (Å²) < 4.78 is 21.1. The van der Waals surface area contributed by atoms with E-state index in [0.717, 1.165) is 36.8 Å². The highest BCUT2D eigenvalue weighted by molar-refractivity contribution is 6.30. The van der Waals surface area contributed by atoms with Crippen LogP contribution in [0.25, 0.3) is 22.5 Å². The summed E-state index contributed by atoms with van der Waals surface area (Å²) in [4.78, 5) is 0. The normalized spacial score (nSPS) is 11.0. The second kappa shape index (κ2) is 7.67. The van der Waals surface area contributed by atoms with Crippen molar-refractivity contribution in [2.75, 3.05) is 0 Å². The zero-order valence-electron chi connectivity index (χ0n) is 13.7. The Kier molecular flexibility index (Phi) is 5.37. The predicted octanol–water partition coefficient (Wildman–Crippen LogP) is 7.14. The number of rotatable bonds is 6. The van der Waals surface area contributed by atoms with Crippen molar-refractivity contribution in [2.45, 2.75) is 32.6 Å². The van der Waals surface area contributed by atoms with Crippen LogP contribution in [0.15, 0.2) is 59.0 Å². The van der Waals surface area contributed by atoms with E-state index in [4.69, 9.17) is 16.0 Å². The lowest BCUT2D eigenvalue weighted by atomic mass is 10.0. The molecule has 0 N–H and O–H groups in total. The summed E-state index contributed by atoms with van der Waals surface area (Å²) in [6, 6.07) is 16.6. The van der Waals surface area contributed by atoms with Crippen LogP contribution >= 0.6 is 11.6 Å². The molecular weight excluding hydrogens is 323 g/mol. The van der Waals surface area contributed by atoms with Gasteiger partial charge < -0.3 is 4.42 Å². The Morgan fingerprint density at radius 2 is 1.62 bits per heavy atom. The molecule has 1 nitrogen and oxygen atoms in total. The molecule has 0 amide bonds. The van der Waals surface area contributed by atoms with E-state index in [1.54, 1.807) is 12.1 Å². The molecule has 24 heavy (non-hydrogen) atoms. The number of hydrogen-bond donors (Lipinski definition) is 0. The van der Waals surface area contributed by atoms with Gasteiger partial charge in [-0.2, -0.15) is 0 Å². The fraction of sp³-hybridized carbons (Fsp3) is 0.238. The zero-order chi connectivity index (χ0) is 16.9. The van der Waals surface area contributed by atoms with Crippen LogP contribution in [0.1, 0.15) is 31.9 Å². The average Bonchev–Trinajstić information content (AvgIpc) is 2.93. The first-order valence-corrected chi connectivity index (χ1v) is 8.71. The van der Waals surface area contributed by atoms with Crippen molar-refractivity contribution in [1.29, 1.82) is 0 Å². The molecule has 0 unspecified atom stereocenters. The Balaban J connectivity index is 2.07. The van der Waals surface area contributed by atoms with Gasteiger partial charge in [0.1, 0.15) is 5.76 Å². The van der Waals surface area contributed by atoms with E-state index in [-0.39, 0.29) is 5.82 Å². The molecule has 0 saturated heterocycles. The third-order valence-electron chi connectivity index (χ3n) is 4.10. The van der Waals surface area contributed by atoms with Crippen molar-refractivity contribution in [3.8, 4) is 22.5 Å². The van der Waals surface area contributed by atoms with Gasteiger partial charge in [-0.05, 0) is 24.1 Å². The minimum Gasteiger partial charge on any atom is -0.457 e. The molecule has 3 rings (SSSR count). The van der Waals surface area contributed by atoms with Gasteiger partial charge in [-0.1, -0.05) is 73.8 Å². The molecule has 0 spiro atoms. The molecule has 0 radical (unpaired) electrons. The molecule has 0 atom stereocenters. The first-order valence-electron chi connectivity index (χ1n) is 8.33. The molecule has 124 valence electrons. The van der Waals surface area contributed by atoms with Crippen LogP contribution in [0.2, 0.25) is 5.02 Å². The first-order chi connectivity index (χ1) is 11.7. The second-order valence-corrected chi connectivity index (χ2v) is 6.31. The lowest BCUT2D eigenvalue weighted by Gasteiger charge is -2.03. The van der Waals surface area contributed by atoms with Crippen LogP contribution in [-0.4, -0.2) is 0 Å². The second-order valence-electron chi connectivity index (χ2n) is 5.87. The van der Waals surface area contributed by atoms with Gasteiger partial charge in [-0.25, -0.2) is 4.39 Å². The molecule has 0 aliphatic carbocycles. The Morgan fingerprint density at radius 3 is 2.29 bits per heavy atom. The summed E-state index contributed by atoms with van der Waals surface area (Å²) in [5.41, 5.74) is 2.11. The van der Waals surface area contributed by atoms with Gasteiger partial charge in [0.25, 0.3) is 0 Å². The Labute approximate surface area is 147 Å². The highest BCUT2D eigenvalue weighted by Gasteiger charge is 2.22. The SMILES string of the molecule is CCCCCc1oc(-c2ccccc2)c(F)c1-c1ccc(Cl)cc1. The lowest BCUT2D eigenvalue weighted by Crippen LogP contribution is -1.88.